The van der Waals surface area contributed by atoms with Gasteiger partial charge in [0.2, 0.25) is 0 Å². The molecule has 0 heterocycles. The van der Waals surface area contributed by atoms with Gasteiger partial charge in [-0.25, -0.2) is 0 Å². The minimum Gasteiger partial charge on any atom is -0.497 e. The molecule has 0 aliphatic rings. The summed E-state index contributed by atoms with van der Waals surface area (Å²) in [5.74, 6) is 1.43. The highest BCUT2D eigenvalue weighted by molar-refractivity contribution is 5.42. The maximum atomic E-state index is 8.87. The summed E-state index contributed by atoms with van der Waals surface area (Å²) in [6.07, 6.45) is 0.592. The summed E-state index contributed by atoms with van der Waals surface area (Å²) in [4.78, 5) is 0. The second-order valence-corrected chi connectivity index (χ2v) is 4.47. The number of nitrogens with one attached hydrogen (secondary N) is 1. The molecule has 1 aromatic carbocycles. The molecule has 0 saturated carbocycles. The van der Waals surface area contributed by atoms with Crippen molar-refractivity contribution in [3.63, 3.8) is 0 Å². The van der Waals surface area contributed by atoms with Gasteiger partial charge in [-0.05, 0) is 32.9 Å². The van der Waals surface area contributed by atoms with Crippen molar-refractivity contribution in [2.24, 2.45) is 0 Å². The van der Waals surface area contributed by atoms with Crippen molar-refractivity contribution in [3.8, 4) is 17.6 Å². The first kappa shape index (κ1) is 15.3. The van der Waals surface area contributed by atoms with E-state index in [4.69, 9.17) is 14.7 Å². The molecule has 4 nitrogen and oxygen atoms in total. The van der Waals surface area contributed by atoms with Gasteiger partial charge < -0.3 is 14.8 Å². The fourth-order valence-corrected chi connectivity index (χ4v) is 1.79. The third kappa shape index (κ3) is 4.46. The zero-order chi connectivity index (χ0) is 14.3. The van der Waals surface area contributed by atoms with E-state index in [0.717, 1.165) is 24.3 Å². The van der Waals surface area contributed by atoms with Gasteiger partial charge in [0.05, 0.1) is 7.11 Å². The lowest BCUT2D eigenvalue weighted by Gasteiger charge is -2.19. The number of hydrogen-bond donors (Lipinski definition) is 1. The number of benzene rings is 1. The standard InChI is InChI=1S/C15H22N2O2/c1-5-8-17-12(3)14-7-6-13(18-4)9-15(14)19-11(2)10-16/h6-7,9,11-12,17H,5,8H2,1-4H3. The number of methoxy groups -OCH3 is 1. The molecule has 19 heavy (non-hydrogen) atoms. The highest BCUT2D eigenvalue weighted by Crippen LogP contribution is 2.30. The van der Waals surface area contributed by atoms with Crippen LogP contribution >= 0.6 is 0 Å². The normalized spacial score (nSPS) is 13.4. The smallest absolute Gasteiger partial charge is 0.181 e. The van der Waals surface area contributed by atoms with E-state index in [1.807, 2.05) is 18.2 Å². The van der Waals surface area contributed by atoms with E-state index in [0.29, 0.717) is 5.75 Å². The summed E-state index contributed by atoms with van der Waals surface area (Å²) in [5.41, 5.74) is 1.04. The monoisotopic (exact) mass is 262 g/mol. The molecule has 0 saturated heterocycles. The van der Waals surface area contributed by atoms with E-state index >= 15 is 0 Å². The quantitative estimate of drug-likeness (QED) is 0.820. The van der Waals surface area contributed by atoms with E-state index in [2.05, 4.69) is 25.2 Å². The van der Waals surface area contributed by atoms with Crippen LogP contribution in [0.25, 0.3) is 0 Å². The molecule has 2 atom stereocenters. The predicted molar refractivity (Wildman–Crippen MR) is 75.4 cm³/mol. The van der Waals surface area contributed by atoms with Crippen LogP contribution in [0.4, 0.5) is 0 Å². The molecule has 1 N–H and O–H groups in total. The SMILES string of the molecule is CCCNC(C)c1ccc(OC)cc1OC(C)C#N. The summed E-state index contributed by atoms with van der Waals surface area (Å²) in [7, 11) is 1.62. The van der Waals surface area contributed by atoms with Crippen LogP contribution < -0.4 is 14.8 Å². The lowest BCUT2D eigenvalue weighted by molar-refractivity contribution is 0.269. The van der Waals surface area contributed by atoms with Crippen molar-refractivity contribution in [1.82, 2.24) is 5.32 Å². The van der Waals surface area contributed by atoms with Crippen molar-refractivity contribution >= 4 is 0 Å². The second-order valence-electron chi connectivity index (χ2n) is 4.47. The number of nitrogens with zero attached hydrogens (tertiary/aromatic N) is 1. The van der Waals surface area contributed by atoms with Crippen LogP contribution in [-0.2, 0) is 0 Å². The molecule has 0 spiro atoms. The van der Waals surface area contributed by atoms with Gasteiger partial charge in [0, 0.05) is 17.7 Å². The Bertz CT molecular complexity index is 440. The third-order valence-electron chi connectivity index (χ3n) is 2.87. The summed E-state index contributed by atoms with van der Waals surface area (Å²) in [6.45, 7) is 6.89. The van der Waals surface area contributed by atoms with Crippen molar-refractivity contribution in [1.29, 1.82) is 5.26 Å². The Hall–Kier alpha value is -1.73. The Morgan fingerprint density at radius 2 is 2.11 bits per heavy atom. The number of ether oxygens (including phenoxy) is 2. The van der Waals surface area contributed by atoms with Gasteiger partial charge in [0.1, 0.15) is 17.6 Å². The molecule has 0 bridgehead atoms. The summed E-state index contributed by atoms with van der Waals surface area (Å²) >= 11 is 0. The minimum atomic E-state index is -0.482. The lowest BCUT2D eigenvalue weighted by Crippen LogP contribution is -2.21. The largest absolute Gasteiger partial charge is 0.497 e. The Labute approximate surface area is 115 Å². The molecule has 0 aliphatic carbocycles. The summed E-state index contributed by atoms with van der Waals surface area (Å²) in [5, 5.41) is 12.3. The third-order valence-corrected chi connectivity index (χ3v) is 2.87. The molecule has 0 aliphatic heterocycles. The van der Waals surface area contributed by atoms with Crippen LogP contribution in [0.1, 0.15) is 38.8 Å². The molecule has 0 amide bonds. The summed E-state index contributed by atoms with van der Waals surface area (Å²) < 4.78 is 10.9. The van der Waals surface area contributed by atoms with E-state index in [1.165, 1.54) is 0 Å². The molecular formula is C15H22N2O2. The van der Waals surface area contributed by atoms with Crippen molar-refractivity contribution in [2.75, 3.05) is 13.7 Å². The zero-order valence-electron chi connectivity index (χ0n) is 12.1. The molecule has 4 heteroatoms. The molecular weight excluding hydrogens is 240 g/mol. The van der Waals surface area contributed by atoms with E-state index in [9.17, 15) is 0 Å². The lowest BCUT2D eigenvalue weighted by atomic mass is 10.1. The average molecular weight is 262 g/mol. The first-order chi connectivity index (χ1) is 9.12. The van der Waals surface area contributed by atoms with Gasteiger partial charge >= 0.3 is 0 Å². The summed E-state index contributed by atoms with van der Waals surface area (Å²) in [6, 6.07) is 7.96. The molecule has 0 fully saturated rings. The van der Waals surface area contributed by atoms with E-state index in [1.54, 1.807) is 14.0 Å². The maximum Gasteiger partial charge on any atom is 0.181 e. The van der Waals surface area contributed by atoms with Crippen molar-refractivity contribution < 1.29 is 9.47 Å². The Kier molecular flexibility index (Phi) is 6.17. The Balaban J connectivity index is 2.98. The van der Waals surface area contributed by atoms with Gasteiger partial charge in [-0.2, -0.15) is 5.26 Å². The number of hydrogen-bond acceptors (Lipinski definition) is 4. The molecule has 1 aromatic rings. The number of rotatable bonds is 7. The average Bonchev–Trinajstić information content (AvgIpc) is 2.44. The number of nitriles is 1. The first-order valence-electron chi connectivity index (χ1n) is 6.60. The van der Waals surface area contributed by atoms with Gasteiger partial charge in [-0.3, -0.25) is 0 Å². The topological polar surface area (TPSA) is 54.3 Å². The van der Waals surface area contributed by atoms with Crippen molar-refractivity contribution in [3.05, 3.63) is 23.8 Å². The Morgan fingerprint density at radius 1 is 1.37 bits per heavy atom. The van der Waals surface area contributed by atoms with Gasteiger partial charge in [0.15, 0.2) is 6.10 Å². The molecule has 0 radical (unpaired) electrons. The maximum absolute atomic E-state index is 8.87. The van der Waals surface area contributed by atoms with Crippen LogP contribution in [0.5, 0.6) is 11.5 Å². The fraction of sp³-hybridized carbons (Fsp3) is 0.533. The molecule has 2 unspecified atom stereocenters. The van der Waals surface area contributed by atoms with Crippen molar-refractivity contribution in [2.45, 2.75) is 39.3 Å². The van der Waals surface area contributed by atoms with Gasteiger partial charge in [-0.1, -0.05) is 13.0 Å². The van der Waals surface area contributed by atoms with Crippen LogP contribution in [0, 0.1) is 11.3 Å². The Morgan fingerprint density at radius 3 is 2.68 bits per heavy atom. The van der Waals surface area contributed by atoms with Crippen LogP contribution in [0.2, 0.25) is 0 Å². The van der Waals surface area contributed by atoms with Crippen LogP contribution in [0.3, 0.4) is 0 Å². The van der Waals surface area contributed by atoms with Crippen LogP contribution in [0.15, 0.2) is 18.2 Å². The molecule has 104 valence electrons. The minimum absolute atomic E-state index is 0.173. The molecule has 0 aromatic heterocycles. The second kappa shape index (κ2) is 7.65. The van der Waals surface area contributed by atoms with Gasteiger partial charge in [0.25, 0.3) is 0 Å². The van der Waals surface area contributed by atoms with Crippen LogP contribution in [-0.4, -0.2) is 19.8 Å². The van der Waals surface area contributed by atoms with Gasteiger partial charge in [-0.15, -0.1) is 0 Å². The molecule has 1 rings (SSSR count). The highest BCUT2D eigenvalue weighted by Gasteiger charge is 2.14. The first-order valence-corrected chi connectivity index (χ1v) is 6.60. The van der Waals surface area contributed by atoms with E-state index in [-0.39, 0.29) is 6.04 Å². The fourth-order valence-electron chi connectivity index (χ4n) is 1.79. The zero-order valence-corrected chi connectivity index (χ0v) is 12.1. The highest BCUT2D eigenvalue weighted by atomic mass is 16.5. The predicted octanol–water partition coefficient (Wildman–Crippen LogP) is 3.05. The van der Waals surface area contributed by atoms with E-state index < -0.39 is 6.10 Å².